The van der Waals surface area contributed by atoms with E-state index in [0.717, 1.165) is 0 Å². The van der Waals surface area contributed by atoms with Crippen molar-refractivity contribution in [3.8, 4) is 5.75 Å². The zero-order valence-electron chi connectivity index (χ0n) is 10.7. The van der Waals surface area contributed by atoms with Crippen molar-refractivity contribution in [2.75, 3.05) is 4.72 Å². The van der Waals surface area contributed by atoms with Crippen molar-refractivity contribution in [2.24, 2.45) is 7.05 Å². The zero-order chi connectivity index (χ0) is 14.0. The van der Waals surface area contributed by atoms with Crippen molar-refractivity contribution < 1.29 is 13.5 Å². The molecule has 0 radical (unpaired) electrons. The quantitative estimate of drug-likeness (QED) is 0.889. The van der Waals surface area contributed by atoms with Gasteiger partial charge in [0.2, 0.25) is 0 Å². The standard InChI is InChI=1S/C12H15N3O3S/c1-3-9-10(8-15(2)13-9)14-19(17,18)12-7-5-4-6-11(12)16/h4-8,14,16H,3H2,1-2H3. The fraction of sp³-hybridized carbons (Fsp3) is 0.250. The molecule has 1 aromatic heterocycles. The lowest BCUT2D eigenvalue weighted by Gasteiger charge is -2.08. The summed E-state index contributed by atoms with van der Waals surface area (Å²) in [6.07, 6.45) is 2.20. The van der Waals surface area contributed by atoms with Crippen molar-refractivity contribution in [3.05, 3.63) is 36.2 Å². The number of aromatic hydroxyl groups is 1. The van der Waals surface area contributed by atoms with Crippen LogP contribution in [0.25, 0.3) is 0 Å². The van der Waals surface area contributed by atoms with E-state index in [1.54, 1.807) is 30.1 Å². The van der Waals surface area contributed by atoms with E-state index in [1.807, 2.05) is 6.92 Å². The highest BCUT2D eigenvalue weighted by Crippen LogP contribution is 2.25. The molecule has 0 atom stereocenters. The third kappa shape index (κ3) is 2.70. The van der Waals surface area contributed by atoms with Crippen LogP contribution in [0.2, 0.25) is 0 Å². The summed E-state index contributed by atoms with van der Waals surface area (Å²) in [4.78, 5) is -0.152. The normalized spacial score (nSPS) is 11.5. The first-order valence-electron chi connectivity index (χ1n) is 5.77. The van der Waals surface area contributed by atoms with Gasteiger partial charge in [0.05, 0.1) is 11.4 Å². The van der Waals surface area contributed by atoms with E-state index in [-0.39, 0.29) is 10.6 Å². The smallest absolute Gasteiger partial charge is 0.265 e. The molecule has 2 N–H and O–H groups in total. The Morgan fingerprint density at radius 3 is 2.68 bits per heavy atom. The van der Waals surface area contributed by atoms with Gasteiger partial charge in [-0.05, 0) is 18.6 Å². The molecule has 102 valence electrons. The zero-order valence-corrected chi connectivity index (χ0v) is 11.5. The first-order chi connectivity index (χ1) is 8.94. The lowest BCUT2D eigenvalue weighted by molar-refractivity contribution is 0.459. The molecule has 0 aliphatic heterocycles. The number of hydrogen-bond acceptors (Lipinski definition) is 4. The molecule has 0 amide bonds. The predicted molar refractivity (Wildman–Crippen MR) is 71.5 cm³/mol. The van der Waals surface area contributed by atoms with Crippen molar-refractivity contribution in [2.45, 2.75) is 18.2 Å². The number of nitrogens with one attached hydrogen (secondary N) is 1. The van der Waals surface area contributed by atoms with E-state index < -0.39 is 10.0 Å². The molecule has 0 unspecified atom stereocenters. The summed E-state index contributed by atoms with van der Waals surface area (Å²) >= 11 is 0. The number of phenols is 1. The van der Waals surface area contributed by atoms with Gasteiger partial charge in [0.15, 0.2) is 0 Å². The molecule has 0 fully saturated rings. The molecule has 2 aromatic rings. The Hall–Kier alpha value is -2.02. The van der Waals surface area contributed by atoms with Crippen LogP contribution < -0.4 is 4.72 Å². The van der Waals surface area contributed by atoms with Gasteiger partial charge in [0.25, 0.3) is 10.0 Å². The fourth-order valence-corrected chi connectivity index (χ4v) is 2.94. The second-order valence-corrected chi connectivity index (χ2v) is 5.74. The molecule has 0 aliphatic rings. The van der Waals surface area contributed by atoms with Crippen LogP contribution in [0.4, 0.5) is 5.69 Å². The SMILES string of the molecule is CCc1nn(C)cc1NS(=O)(=O)c1ccccc1O. The molecule has 0 bridgehead atoms. The van der Waals surface area contributed by atoms with Crippen LogP contribution in [0.3, 0.4) is 0 Å². The van der Waals surface area contributed by atoms with E-state index >= 15 is 0 Å². The van der Waals surface area contributed by atoms with Crippen molar-refractivity contribution in [1.82, 2.24) is 9.78 Å². The van der Waals surface area contributed by atoms with Crippen LogP contribution in [0.15, 0.2) is 35.4 Å². The van der Waals surface area contributed by atoms with Gasteiger partial charge in [-0.15, -0.1) is 0 Å². The van der Waals surface area contributed by atoms with Gasteiger partial charge in [0, 0.05) is 13.2 Å². The maximum Gasteiger partial charge on any atom is 0.265 e. The van der Waals surface area contributed by atoms with Gasteiger partial charge in [-0.2, -0.15) is 5.10 Å². The van der Waals surface area contributed by atoms with Gasteiger partial charge in [-0.25, -0.2) is 8.42 Å². The van der Waals surface area contributed by atoms with Gasteiger partial charge in [-0.3, -0.25) is 9.40 Å². The van der Waals surface area contributed by atoms with Crippen molar-refractivity contribution in [1.29, 1.82) is 0 Å². The Bertz CT molecular complexity index is 692. The maximum atomic E-state index is 12.2. The maximum absolute atomic E-state index is 12.2. The van der Waals surface area contributed by atoms with Crippen LogP contribution in [0, 0.1) is 0 Å². The molecule has 0 saturated heterocycles. The summed E-state index contributed by atoms with van der Waals surface area (Å²) in [5, 5.41) is 13.8. The molecule has 19 heavy (non-hydrogen) atoms. The van der Waals surface area contributed by atoms with Crippen LogP contribution in [-0.2, 0) is 23.5 Å². The lowest BCUT2D eigenvalue weighted by atomic mass is 10.3. The van der Waals surface area contributed by atoms with E-state index in [2.05, 4.69) is 9.82 Å². The monoisotopic (exact) mass is 281 g/mol. The summed E-state index contributed by atoms with van der Waals surface area (Å²) in [7, 11) is -2.10. The molecular weight excluding hydrogens is 266 g/mol. The first kappa shape index (κ1) is 13.4. The summed E-state index contributed by atoms with van der Waals surface area (Å²) in [6.45, 7) is 1.89. The molecule has 6 nitrogen and oxygen atoms in total. The summed E-state index contributed by atoms with van der Waals surface area (Å²) < 4.78 is 28.4. The average Bonchev–Trinajstić information content (AvgIpc) is 2.69. The van der Waals surface area contributed by atoms with Crippen molar-refractivity contribution in [3.63, 3.8) is 0 Å². The minimum Gasteiger partial charge on any atom is -0.507 e. The number of rotatable bonds is 4. The molecule has 7 heteroatoms. The molecule has 0 spiro atoms. The number of aromatic nitrogens is 2. The minimum atomic E-state index is -3.82. The lowest BCUT2D eigenvalue weighted by Crippen LogP contribution is -2.13. The van der Waals surface area contributed by atoms with Crippen LogP contribution >= 0.6 is 0 Å². The third-order valence-electron chi connectivity index (χ3n) is 2.64. The number of aryl methyl sites for hydroxylation is 2. The number of para-hydroxylation sites is 1. The summed E-state index contributed by atoms with van der Waals surface area (Å²) in [6, 6.07) is 5.80. The molecule has 0 saturated carbocycles. The number of anilines is 1. The average molecular weight is 281 g/mol. The minimum absolute atomic E-state index is 0.152. The molecule has 1 heterocycles. The predicted octanol–water partition coefficient (Wildman–Crippen LogP) is 1.49. The van der Waals surface area contributed by atoms with Gasteiger partial charge in [0.1, 0.15) is 10.6 Å². The van der Waals surface area contributed by atoms with Gasteiger partial charge < -0.3 is 5.11 Å². The van der Waals surface area contributed by atoms with Crippen LogP contribution in [0.5, 0.6) is 5.75 Å². The number of benzene rings is 1. The first-order valence-corrected chi connectivity index (χ1v) is 7.25. The fourth-order valence-electron chi connectivity index (χ4n) is 1.77. The van der Waals surface area contributed by atoms with E-state index in [1.165, 1.54) is 12.1 Å². The molecular formula is C12H15N3O3S. The number of hydrogen-bond donors (Lipinski definition) is 2. The summed E-state index contributed by atoms with van der Waals surface area (Å²) in [5.74, 6) is -0.281. The second kappa shape index (κ2) is 4.93. The number of nitrogens with zero attached hydrogens (tertiary/aromatic N) is 2. The summed E-state index contributed by atoms with van der Waals surface area (Å²) in [5.41, 5.74) is 1.08. The van der Waals surface area contributed by atoms with Crippen LogP contribution in [-0.4, -0.2) is 23.3 Å². The van der Waals surface area contributed by atoms with E-state index in [0.29, 0.717) is 17.8 Å². The highest BCUT2D eigenvalue weighted by atomic mass is 32.2. The van der Waals surface area contributed by atoms with Gasteiger partial charge in [-0.1, -0.05) is 19.1 Å². The third-order valence-corrected chi connectivity index (χ3v) is 4.05. The Morgan fingerprint density at radius 2 is 2.05 bits per heavy atom. The Kier molecular flexibility index (Phi) is 3.48. The molecule has 2 rings (SSSR count). The largest absolute Gasteiger partial charge is 0.507 e. The highest BCUT2D eigenvalue weighted by Gasteiger charge is 2.20. The second-order valence-electron chi connectivity index (χ2n) is 4.09. The van der Waals surface area contributed by atoms with E-state index in [4.69, 9.17) is 0 Å². The Balaban J connectivity index is 2.39. The highest BCUT2D eigenvalue weighted by molar-refractivity contribution is 7.92. The topological polar surface area (TPSA) is 84.2 Å². The van der Waals surface area contributed by atoms with Crippen LogP contribution in [0.1, 0.15) is 12.6 Å². The van der Waals surface area contributed by atoms with Gasteiger partial charge >= 0.3 is 0 Å². The Morgan fingerprint density at radius 1 is 1.37 bits per heavy atom. The number of sulfonamides is 1. The number of phenolic OH excluding ortho intramolecular Hbond substituents is 1. The Labute approximate surface area is 111 Å². The molecule has 1 aromatic carbocycles. The molecule has 0 aliphatic carbocycles. The van der Waals surface area contributed by atoms with Crippen molar-refractivity contribution >= 4 is 15.7 Å². The van der Waals surface area contributed by atoms with E-state index in [9.17, 15) is 13.5 Å².